The zero-order chi connectivity index (χ0) is 25.3. The lowest BCUT2D eigenvalue weighted by Gasteiger charge is -2.20. The first-order valence-corrected chi connectivity index (χ1v) is 12.0. The van der Waals surface area contributed by atoms with Crippen LogP contribution in [0.4, 0.5) is 4.79 Å². The van der Waals surface area contributed by atoms with Crippen molar-refractivity contribution >= 4 is 6.09 Å². The number of benzene rings is 3. The lowest BCUT2D eigenvalue weighted by Crippen LogP contribution is -2.32. The van der Waals surface area contributed by atoms with Crippen molar-refractivity contribution in [2.45, 2.75) is 33.2 Å². The van der Waals surface area contributed by atoms with Crippen molar-refractivity contribution in [3.05, 3.63) is 95.8 Å². The first-order chi connectivity index (χ1) is 17.5. The smallest absolute Gasteiger partial charge is 0.415 e. The molecule has 0 aliphatic rings. The number of aromatic hydroxyl groups is 1. The number of nitrogens with zero attached hydrogens (tertiary/aromatic N) is 4. The van der Waals surface area contributed by atoms with E-state index in [1.807, 2.05) is 68.4 Å². The van der Waals surface area contributed by atoms with Crippen LogP contribution in [0, 0.1) is 6.92 Å². The molecule has 186 valence electrons. The molecular formula is C28H30N4O4. The molecule has 1 heterocycles. The maximum Gasteiger partial charge on any atom is 0.415 e. The number of carbonyl (C=O) groups excluding carboxylic acids is 1. The van der Waals surface area contributed by atoms with Gasteiger partial charge in [-0.3, -0.25) is 0 Å². The summed E-state index contributed by atoms with van der Waals surface area (Å²) < 4.78 is 11.3. The van der Waals surface area contributed by atoms with Gasteiger partial charge < -0.3 is 19.5 Å². The topological polar surface area (TPSA) is 89.7 Å². The lowest BCUT2D eigenvalue weighted by atomic mass is 10.2. The van der Waals surface area contributed by atoms with Crippen molar-refractivity contribution in [1.29, 1.82) is 0 Å². The molecule has 0 bridgehead atoms. The average Bonchev–Trinajstić information content (AvgIpc) is 3.28. The van der Waals surface area contributed by atoms with Crippen LogP contribution in [0.2, 0.25) is 0 Å². The molecule has 1 amide bonds. The van der Waals surface area contributed by atoms with Crippen LogP contribution in [0.5, 0.6) is 17.2 Å². The summed E-state index contributed by atoms with van der Waals surface area (Å²) in [6.07, 6.45) is 1.16. The Kier molecular flexibility index (Phi) is 8.18. The number of aryl methyl sites for hydroxylation is 2. The van der Waals surface area contributed by atoms with E-state index in [2.05, 4.69) is 10.2 Å². The van der Waals surface area contributed by atoms with Crippen LogP contribution in [-0.4, -0.2) is 44.2 Å². The number of amides is 1. The Morgan fingerprint density at radius 2 is 1.64 bits per heavy atom. The molecular weight excluding hydrogens is 456 g/mol. The second-order valence-corrected chi connectivity index (χ2v) is 8.33. The van der Waals surface area contributed by atoms with Crippen molar-refractivity contribution in [1.82, 2.24) is 19.9 Å². The minimum absolute atomic E-state index is 0.121. The van der Waals surface area contributed by atoms with Gasteiger partial charge in [0.05, 0.1) is 23.7 Å². The Hall–Kier alpha value is -4.33. The predicted octanol–water partition coefficient (Wildman–Crippen LogP) is 5.31. The zero-order valence-corrected chi connectivity index (χ0v) is 20.5. The van der Waals surface area contributed by atoms with Crippen LogP contribution in [-0.2, 0) is 13.0 Å². The van der Waals surface area contributed by atoms with Crippen molar-refractivity contribution < 1.29 is 19.4 Å². The summed E-state index contributed by atoms with van der Waals surface area (Å²) in [6, 6.07) is 23.6. The molecule has 0 aliphatic carbocycles. The van der Waals surface area contributed by atoms with E-state index >= 15 is 0 Å². The van der Waals surface area contributed by atoms with Gasteiger partial charge in [0.1, 0.15) is 17.2 Å². The predicted molar refractivity (Wildman–Crippen MR) is 137 cm³/mol. The number of hydrogen-bond donors (Lipinski definition) is 1. The molecule has 0 radical (unpaired) electrons. The summed E-state index contributed by atoms with van der Waals surface area (Å²) in [5.74, 6) is 1.28. The number of carbonyl (C=O) groups is 1. The molecule has 8 nitrogen and oxygen atoms in total. The molecule has 0 atom stereocenters. The maximum absolute atomic E-state index is 12.5. The van der Waals surface area contributed by atoms with Crippen LogP contribution in [0.15, 0.2) is 78.9 Å². The Morgan fingerprint density at radius 3 is 2.33 bits per heavy atom. The molecule has 0 fully saturated rings. The van der Waals surface area contributed by atoms with Gasteiger partial charge in [0.2, 0.25) is 0 Å². The third kappa shape index (κ3) is 6.63. The molecule has 8 heteroatoms. The van der Waals surface area contributed by atoms with E-state index in [1.54, 1.807) is 21.8 Å². The van der Waals surface area contributed by atoms with Gasteiger partial charge in [-0.2, -0.15) is 15.0 Å². The summed E-state index contributed by atoms with van der Waals surface area (Å²) in [5, 5.41) is 18.5. The van der Waals surface area contributed by atoms with Crippen LogP contribution in [0.25, 0.3) is 5.69 Å². The van der Waals surface area contributed by atoms with E-state index in [0.717, 1.165) is 41.2 Å². The summed E-state index contributed by atoms with van der Waals surface area (Å²) >= 11 is 0. The number of phenolic OH excluding ortho intramolecular Hbond substituents is 1. The minimum atomic E-state index is -0.442. The molecule has 0 spiro atoms. The highest BCUT2D eigenvalue weighted by atomic mass is 16.6. The van der Waals surface area contributed by atoms with Gasteiger partial charge >= 0.3 is 6.09 Å². The standard InChI is InChI=1S/C28H30N4O4/c1-3-31(28(34)36-26-17-13-24(33)14-18-26)20-22-11-15-25(16-12-22)35-19-7-10-27-21(2)29-32(30-27)23-8-5-4-6-9-23/h4-6,8-9,11-18,33H,3,7,10,19-20H2,1-2H3. The van der Waals surface area contributed by atoms with E-state index in [4.69, 9.17) is 9.47 Å². The average molecular weight is 487 g/mol. The molecule has 36 heavy (non-hydrogen) atoms. The van der Waals surface area contributed by atoms with Crippen LogP contribution in [0.3, 0.4) is 0 Å². The molecule has 0 saturated heterocycles. The molecule has 1 aromatic heterocycles. The van der Waals surface area contributed by atoms with Gasteiger partial charge in [0.15, 0.2) is 0 Å². The Balaban J connectivity index is 1.23. The van der Waals surface area contributed by atoms with Crippen LogP contribution < -0.4 is 9.47 Å². The van der Waals surface area contributed by atoms with Gasteiger partial charge in [-0.05, 0) is 80.8 Å². The summed E-state index contributed by atoms with van der Waals surface area (Å²) in [5.41, 5.74) is 3.81. The first-order valence-electron chi connectivity index (χ1n) is 12.0. The lowest BCUT2D eigenvalue weighted by molar-refractivity contribution is 0.152. The first kappa shape index (κ1) is 24.8. The molecule has 4 rings (SSSR count). The van der Waals surface area contributed by atoms with Gasteiger partial charge in [0, 0.05) is 13.1 Å². The second kappa shape index (κ2) is 11.9. The minimum Gasteiger partial charge on any atom is -0.508 e. The molecule has 3 aromatic carbocycles. The maximum atomic E-state index is 12.5. The number of para-hydroxylation sites is 1. The highest BCUT2D eigenvalue weighted by molar-refractivity contribution is 5.70. The van der Waals surface area contributed by atoms with Crippen LogP contribution >= 0.6 is 0 Å². The number of phenols is 1. The van der Waals surface area contributed by atoms with Gasteiger partial charge in [-0.1, -0.05) is 30.3 Å². The molecule has 0 unspecified atom stereocenters. The zero-order valence-electron chi connectivity index (χ0n) is 20.5. The molecule has 0 saturated carbocycles. The van der Waals surface area contributed by atoms with Gasteiger partial charge in [-0.25, -0.2) is 4.79 Å². The van der Waals surface area contributed by atoms with Crippen molar-refractivity contribution in [2.24, 2.45) is 0 Å². The fourth-order valence-corrected chi connectivity index (χ4v) is 3.64. The van der Waals surface area contributed by atoms with E-state index in [-0.39, 0.29) is 5.75 Å². The summed E-state index contributed by atoms with van der Waals surface area (Å²) in [4.78, 5) is 15.8. The van der Waals surface area contributed by atoms with E-state index < -0.39 is 6.09 Å². The van der Waals surface area contributed by atoms with Crippen LogP contribution in [0.1, 0.15) is 30.3 Å². The monoisotopic (exact) mass is 486 g/mol. The van der Waals surface area contributed by atoms with Gasteiger partial charge in [0.25, 0.3) is 0 Å². The number of aromatic nitrogens is 3. The summed E-state index contributed by atoms with van der Waals surface area (Å²) in [6.45, 7) is 5.36. The summed E-state index contributed by atoms with van der Waals surface area (Å²) in [7, 11) is 0. The van der Waals surface area contributed by atoms with E-state index in [1.165, 1.54) is 12.1 Å². The SMILES string of the molecule is CCN(Cc1ccc(OCCCc2nn(-c3ccccc3)nc2C)cc1)C(=O)Oc1ccc(O)cc1. The quantitative estimate of drug-likeness (QED) is 0.306. The number of ether oxygens (including phenoxy) is 2. The number of hydrogen-bond acceptors (Lipinski definition) is 6. The molecule has 4 aromatic rings. The van der Waals surface area contributed by atoms with Crippen molar-refractivity contribution in [3.8, 4) is 22.9 Å². The third-order valence-electron chi connectivity index (χ3n) is 5.67. The Bertz CT molecular complexity index is 1260. The Labute approximate surface area is 210 Å². The third-order valence-corrected chi connectivity index (χ3v) is 5.67. The van der Waals surface area contributed by atoms with Crippen molar-refractivity contribution in [3.63, 3.8) is 0 Å². The fraction of sp³-hybridized carbons (Fsp3) is 0.250. The highest BCUT2D eigenvalue weighted by Crippen LogP contribution is 2.19. The fourth-order valence-electron chi connectivity index (χ4n) is 3.64. The highest BCUT2D eigenvalue weighted by Gasteiger charge is 2.15. The molecule has 0 aliphatic heterocycles. The van der Waals surface area contributed by atoms with E-state index in [0.29, 0.717) is 25.4 Å². The largest absolute Gasteiger partial charge is 0.508 e. The molecule has 1 N–H and O–H groups in total. The second-order valence-electron chi connectivity index (χ2n) is 8.33. The normalized spacial score (nSPS) is 10.7. The van der Waals surface area contributed by atoms with E-state index in [9.17, 15) is 9.90 Å². The van der Waals surface area contributed by atoms with Gasteiger partial charge in [-0.15, -0.1) is 0 Å². The number of rotatable bonds is 10. The van der Waals surface area contributed by atoms with Crippen molar-refractivity contribution in [2.75, 3.05) is 13.2 Å². The Morgan fingerprint density at radius 1 is 0.944 bits per heavy atom.